The van der Waals surface area contributed by atoms with Gasteiger partial charge in [0.2, 0.25) is 0 Å². The molecule has 6 aromatic rings. The van der Waals surface area contributed by atoms with Crippen LogP contribution < -0.4 is 0 Å². The summed E-state index contributed by atoms with van der Waals surface area (Å²) in [5.74, 6) is 0.114. The van der Waals surface area contributed by atoms with Gasteiger partial charge in [-0.05, 0) is 50.0 Å². The van der Waals surface area contributed by atoms with Crippen LogP contribution in [0, 0.1) is 0 Å². The van der Waals surface area contributed by atoms with Gasteiger partial charge in [-0.1, -0.05) is 60.7 Å². The quantitative estimate of drug-likeness (QED) is 0.287. The first-order chi connectivity index (χ1) is 14.7. The first-order valence-corrected chi connectivity index (χ1v) is 10.4. The second-order valence-electron chi connectivity index (χ2n) is 7.29. The summed E-state index contributed by atoms with van der Waals surface area (Å²) in [6.45, 7) is 0. The van der Waals surface area contributed by atoms with Crippen LogP contribution in [-0.4, -0.2) is 5.11 Å². The zero-order valence-corrected chi connectivity index (χ0v) is 17.3. The first-order valence-electron chi connectivity index (χ1n) is 9.60. The molecule has 0 spiro atoms. The van der Waals surface area contributed by atoms with Gasteiger partial charge in [0.05, 0.1) is 17.0 Å². The SMILES string of the molecule is Oc1cc2c(cc(Br)c3occ(-c4ccccc4)c32)c2c(-c3ccccc3)coc12. The Morgan fingerprint density at radius 1 is 0.633 bits per heavy atom. The smallest absolute Gasteiger partial charge is 0.176 e. The molecular formula is C26H15BrO3. The fourth-order valence-electron chi connectivity index (χ4n) is 4.24. The lowest BCUT2D eigenvalue weighted by Gasteiger charge is -2.08. The third kappa shape index (κ3) is 2.44. The molecule has 0 unspecified atom stereocenters. The maximum atomic E-state index is 10.8. The Morgan fingerprint density at radius 3 is 1.73 bits per heavy atom. The normalized spacial score (nSPS) is 11.6. The monoisotopic (exact) mass is 454 g/mol. The van der Waals surface area contributed by atoms with Gasteiger partial charge in [0.25, 0.3) is 0 Å². The number of phenols is 1. The van der Waals surface area contributed by atoms with Gasteiger partial charge >= 0.3 is 0 Å². The number of rotatable bonds is 2. The molecule has 0 radical (unpaired) electrons. The predicted molar refractivity (Wildman–Crippen MR) is 124 cm³/mol. The van der Waals surface area contributed by atoms with Crippen molar-refractivity contribution >= 4 is 48.6 Å². The topological polar surface area (TPSA) is 46.5 Å². The maximum Gasteiger partial charge on any atom is 0.176 e. The molecule has 30 heavy (non-hydrogen) atoms. The van der Waals surface area contributed by atoms with Crippen molar-refractivity contribution < 1.29 is 13.9 Å². The van der Waals surface area contributed by atoms with Gasteiger partial charge in [0.1, 0.15) is 5.58 Å². The van der Waals surface area contributed by atoms with Crippen molar-refractivity contribution in [1.29, 1.82) is 0 Å². The average Bonchev–Trinajstić information content (AvgIpc) is 3.42. The molecule has 0 bridgehead atoms. The van der Waals surface area contributed by atoms with E-state index >= 15 is 0 Å². The van der Waals surface area contributed by atoms with E-state index in [1.165, 1.54) is 0 Å². The number of furan rings is 2. The predicted octanol–water partition coefficient (Wildman–Crippen LogP) is 8.13. The fourth-order valence-corrected chi connectivity index (χ4v) is 4.76. The number of aromatic hydroxyl groups is 1. The van der Waals surface area contributed by atoms with E-state index in [0.717, 1.165) is 53.9 Å². The minimum Gasteiger partial charge on any atom is -0.504 e. The van der Waals surface area contributed by atoms with E-state index in [0.29, 0.717) is 5.58 Å². The molecule has 4 heteroatoms. The molecule has 1 N–H and O–H groups in total. The Balaban J connectivity index is 1.80. The second kappa shape index (κ2) is 6.51. The van der Waals surface area contributed by atoms with E-state index in [1.54, 1.807) is 18.6 Å². The summed E-state index contributed by atoms with van der Waals surface area (Å²) in [6, 6.07) is 24.0. The highest BCUT2D eigenvalue weighted by atomic mass is 79.9. The molecule has 0 atom stereocenters. The summed E-state index contributed by atoms with van der Waals surface area (Å²) in [5.41, 5.74) is 5.27. The fraction of sp³-hybridized carbons (Fsp3) is 0. The number of fused-ring (bicyclic) bond motifs is 5. The highest BCUT2D eigenvalue weighted by Crippen LogP contribution is 2.46. The molecule has 144 valence electrons. The lowest BCUT2D eigenvalue weighted by molar-refractivity contribution is 0.466. The Hall–Kier alpha value is -3.50. The zero-order valence-electron chi connectivity index (χ0n) is 15.7. The Bertz CT molecular complexity index is 1420. The summed E-state index contributed by atoms with van der Waals surface area (Å²) < 4.78 is 12.6. The van der Waals surface area contributed by atoms with E-state index in [4.69, 9.17) is 8.83 Å². The molecule has 2 aromatic heterocycles. The summed E-state index contributed by atoms with van der Waals surface area (Å²) in [5, 5.41) is 14.6. The van der Waals surface area contributed by atoms with Crippen LogP contribution in [0.2, 0.25) is 0 Å². The number of phenolic OH excluding ortho intramolecular Hbond substituents is 1. The lowest BCUT2D eigenvalue weighted by atomic mass is 9.95. The summed E-state index contributed by atoms with van der Waals surface area (Å²) in [4.78, 5) is 0. The van der Waals surface area contributed by atoms with Gasteiger partial charge < -0.3 is 13.9 Å². The van der Waals surface area contributed by atoms with Gasteiger partial charge in [-0.3, -0.25) is 0 Å². The van der Waals surface area contributed by atoms with Crippen molar-refractivity contribution in [1.82, 2.24) is 0 Å². The van der Waals surface area contributed by atoms with Crippen LogP contribution in [0.4, 0.5) is 0 Å². The van der Waals surface area contributed by atoms with Gasteiger partial charge in [0.15, 0.2) is 11.3 Å². The van der Waals surface area contributed by atoms with Crippen molar-refractivity contribution in [3.8, 4) is 28.0 Å². The number of halogens is 1. The summed E-state index contributed by atoms with van der Waals surface area (Å²) in [7, 11) is 0. The van der Waals surface area contributed by atoms with E-state index in [9.17, 15) is 5.11 Å². The summed E-state index contributed by atoms with van der Waals surface area (Å²) in [6.07, 6.45) is 3.49. The molecule has 0 aliphatic rings. The second-order valence-corrected chi connectivity index (χ2v) is 8.14. The molecule has 0 amide bonds. The van der Waals surface area contributed by atoms with Gasteiger partial charge in [0, 0.05) is 21.9 Å². The standard InChI is InChI=1S/C26H15BrO3/c27-21-11-17-18(23-19(13-29-25(21)23)15-7-3-1-4-8-15)12-22(28)26-24(17)20(14-30-26)16-9-5-2-6-10-16/h1-14,28H. The highest BCUT2D eigenvalue weighted by Gasteiger charge is 2.21. The molecule has 4 aromatic carbocycles. The van der Waals surface area contributed by atoms with E-state index in [-0.39, 0.29) is 5.75 Å². The van der Waals surface area contributed by atoms with Crippen LogP contribution >= 0.6 is 15.9 Å². The van der Waals surface area contributed by atoms with Crippen molar-refractivity contribution in [3.63, 3.8) is 0 Å². The van der Waals surface area contributed by atoms with Gasteiger partial charge in [-0.25, -0.2) is 0 Å². The molecule has 3 nitrogen and oxygen atoms in total. The molecule has 0 saturated carbocycles. The number of hydrogen-bond acceptors (Lipinski definition) is 3. The van der Waals surface area contributed by atoms with Crippen molar-refractivity contribution in [2.75, 3.05) is 0 Å². The average molecular weight is 455 g/mol. The van der Waals surface area contributed by atoms with Crippen LogP contribution in [0.1, 0.15) is 0 Å². The minimum absolute atomic E-state index is 0.114. The largest absolute Gasteiger partial charge is 0.504 e. The minimum atomic E-state index is 0.114. The van der Waals surface area contributed by atoms with Crippen molar-refractivity contribution in [3.05, 3.63) is 89.8 Å². The Labute approximate surface area is 180 Å². The van der Waals surface area contributed by atoms with E-state index in [2.05, 4.69) is 28.1 Å². The van der Waals surface area contributed by atoms with Crippen LogP contribution in [0.3, 0.4) is 0 Å². The Kier molecular flexibility index (Phi) is 3.77. The molecule has 0 fully saturated rings. The van der Waals surface area contributed by atoms with Crippen molar-refractivity contribution in [2.45, 2.75) is 0 Å². The summed E-state index contributed by atoms with van der Waals surface area (Å²) >= 11 is 3.69. The van der Waals surface area contributed by atoms with E-state index in [1.807, 2.05) is 54.6 Å². The van der Waals surface area contributed by atoms with Crippen LogP contribution in [0.25, 0.3) is 55.0 Å². The molecule has 2 heterocycles. The van der Waals surface area contributed by atoms with E-state index < -0.39 is 0 Å². The molecule has 0 aliphatic carbocycles. The van der Waals surface area contributed by atoms with Crippen LogP contribution in [-0.2, 0) is 0 Å². The molecule has 0 saturated heterocycles. The Morgan fingerprint density at radius 2 is 1.13 bits per heavy atom. The number of benzene rings is 4. The third-order valence-electron chi connectivity index (χ3n) is 5.58. The maximum absolute atomic E-state index is 10.8. The van der Waals surface area contributed by atoms with Crippen LogP contribution in [0.15, 0.2) is 98.6 Å². The lowest BCUT2D eigenvalue weighted by Crippen LogP contribution is -1.83. The van der Waals surface area contributed by atoms with Crippen LogP contribution in [0.5, 0.6) is 5.75 Å². The van der Waals surface area contributed by atoms with Crippen molar-refractivity contribution in [2.24, 2.45) is 0 Å². The highest BCUT2D eigenvalue weighted by molar-refractivity contribution is 9.10. The molecule has 6 rings (SSSR count). The van der Waals surface area contributed by atoms with Gasteiger partial charge in [-0.15, -0.1) is 0 Å². The zero-order chi connectivity index (χ0) is 20.2. The number of hydrogen-bond donors (Lipinski definition) is 1. The first kappa shape index (κ1) is 17.4. The van der Waals surface area contributed by atoms with Gasteiger partial charge in [-0.2, -0.15) is 0 Å². The third-order valence-corrected chi connectivity index (χ3v) is 6.17. The molecule has 0 aliphatic heterocycles. The molecular weight excluding hydrogens is 440 g/mol.